The van der Waals surface area contributed by atoms with Crippen molar-refractivity contribution >= 4 is 5.78 Å². The Hall–Kier alpha value is -1.20. The van der Waals surface area contributed by atoms with Crippen LogP contribution in [0.5, 0.6) is 0 Å². The van der Waals surface area contributed by atoms with Crippen LogP contribution in [0.4, 0.5) is 0 Å². The summed E-state index contributed by atoms with van der Waals surface area (Å²) < 4.78 is 0. The molecule has 0 saturated heterocycles. The van der Waals surface area contributed by atoms with Crippen molar-refractivity contribution in [2.45, 2.75) is 155 Å². The lowest BCUT2D eigenvalue weighted by Gasteiger charge is -2.60. The van der Waals surface area contributed by atoms with Gasteiger partial charge in [0.15, 0.2) is 0 Å². The van der Waals surface area contributed by atoms with E-state index >= 15 is 0 Å². The highest BCUT2D eigenvalue weighted by Crippen LogP contribution is 2.68. The number of H-pyrrole nitrogens is 1. The summed E-state index contributed by atoms with van der Waals surface area (Å²) in [5, 5.41) is 29.1. The Balaban J connectivity index is 0.000000135. The van der Waals surface area contributed by atoms with Crippen LogP contribution in [0, 0.1) is 69.0 Å². The summed E-state index contributed by atoms with van der Waals surface area (Å²) in [5.74, 6) is 6.72. The molecule has 0 amide bonds. The first kappa shape index (κ1) is 31.1. The maximum Gasteiger partial charge on any atom is 0.133 e. The second-order valence-electron chi connectivity index (χ2n) is 19.2. The number of carbonyl (C=O) groups excluding carboxylic acids is 1. The Kier molecular flexibility index (Phi) is 7.18. The van der Waals surface area contributed by atoms with Crippen molar-refractivity contribution in [1.29, 1.82) is 0 Å². The molecular formula is C40H62N2O3. The highest BCUT2D eigenvalue weighted by molar-refractivity contribution is 5.79. The molecule has 3 N–H and O–H groups in total. The van der Waals surface area contributed by atoms with Gasteiger partial charge in [0.05, 0.1) is 17.4 Å². The smallest absolute Gasteiger partial charge is 0.133 e. The number of aliphatic hydroxyl groups is 2. The van der Waals surface area contributed by atoms with Crippen LogP contribution in [0.15, 0.2) is 6.20 Å². The Bertz CT molecular complexity index is 1320. The largest absolute Gasteiger partial charge is 0.393 e. The van der Waals surface area contributed by atoms with Gasteiger partial charge in [-0.05, 0) is 178 Å². The van der Waals surface area contributed by atoms with E-state index in [1.165, 1.54) is 88.3 Å². The van der Waals surface area contributed by atoms with Crippen LogP contribution in [0.1, 0.15) is 142 Å². The number of ketones is 1. The Morgan fingerprint density at radius 2 is 1.36 bits per heavy atom. The van der Waals surface area contributed by atoms with Crippen molar-refractivity contribution in [1.82, 2.24) is 10.2 Å². The average molecular weight is 619 g/mol. The second-order valence-corrected chi connectivity index (χ2v) is 19.2. The molecule has 0 bridgehead atoms. The van der Waals surface area contributed by atoms with Gasteiger partial charge in [0, 0.05) is 19.0 Å². The molecule has 1 heterocycles. The van der Waals surface area contributed by atoms with E-state index in [2.05, 4.69) is 51.0 Å². The second kappa shape index (κ2) is 10.4. The van der Waals surface area contributed by atoms with Crippen molar-refractivity contribution in [2.75, 3.05) is 0 Å². The number of hydrogen-bond donors (Lipinski definition) is 3. The number of aromatic nitrogens is 2. The number of rotatable bonds is 0. The minimum absolute atomic E-state index is 0.0677. The van der Waals surface area contributed by atoms with Gasteiger partial charge >= 0.3 is 0 Å². The molecule has 8 aliphatic rings. The zero-order valence-corrected chi connectivity index (χ0v) is 29.0. The number of hydrogen-bond acceptors (Lipinski definition) is 4. The highest BCUT2D eigenvalue weighted by atomic mass is 16.3. The monoisotopic (exact) mass is 618 g/mol. The summed E-state index contributed by atoms with van der Waals surface area (Å²) in [6, 6.07) is 0. The van der Waals surface area contributed by atoms with E-state index in [0.717, 1.165) is 73.5 Å². The van der Waals surface area contributed by atoms with Crippen LogP contribution in [-0.4, -0.2) is 37.9 Å². The summed E-state index contributed by atoms with van der Waals surface area (Å²) in [7, 11) is 0. The summed E-state index contributed by atoms with van der Waals surface area (Å²) in [6.07, 6.45) is 22.1. The molecule has 5 nitrogen and oxygen atoms in total. The van der Waals surface area contributed by atoms with Crippen molar-refractivity contribution in [3.05, 3.63) is 17.5 Å². The van der Waals surface area contributed by atoms with Gasteiger partial charge in [-0.15, -0.1) is 0 Å². The fraction of sp³-hybridized carbons (Fsp3) is 0.900. The third-order valence-electron chi connectivity index (χ3n) is 17.9. The van der Waals surface area contributed by atoms with Gasteiger partial charge < -0.3 is 10.2 Å². The van der Waals surface area contributed by atoms with Gasteiger partial charge in [-0.2, -0.15) is 5.10 Å². The topological polar surface area (TPSA) is 86.2 Å². The number of aliphatic hydroxyl groups excluding tert-OH is 1. The fourth-order valence-electron chi connectivity index (χ4n) is 14.7. The maximum atomic E-state index is 11.9. The summed E-state index contributed by atoms with van der Waals surface area (Å²) >= 11 is 0. The molecule has 0 spiro atoms. The van der Waals surface area contributed by atoms with Gasteiger partial charge in [-0.25, -0.2) is 0 Å². The molecule has 250 valence electrons. The van der Waals surface area contributed by atoms with E-state index in [-0.39, 0.29) is 16.9 Å². The molecule has 1 aromatic rings. The third-order valence-corrected chi connectivity index (χ3v) is 17.9. The lowest BCUT2D eigenvalue weighted by molar-refractivity contribution is -0.141. The van der Waals surface area contributed by atoms with E-state index in [1.54, 1.807) is 0 Å². The molecule has 45 heavy (non-hydrogen) atoms. The van der Waals surface area contributed by atoms with Gasteiger partial charge in [-0.3, -0.25) is 9.89 Å². The average Bonchev–Trinajstić information content (AvgIpc) is 3.65. The summed E-state index contributed by atoms with van der Waals surface area (Å²) in [4.78, 5) is 11.9. The fourth-order valence-corrected chi connectivity index (χ4v) is 14.7. The normalized spacial score (nSPS) is 54.6. The zero-order valence-electron chi connectivity index (χ0n) is 29.0. The number of aromatic amines is 1. The number of fused-ring (bicyclic) bond motifs is 11. The molecule has 7 fully saturated rings. The maximum absolute atomic E-state index is 11.9. The predicted octanol–water partition coefficient (Wildman–Crippen LogP) is 8.08. The number of carbonyl (C=O) groups is 1. The standard InChI is InChI=1S/C21H32N2O.C19H30O2/c1-19-11-13-12-22-23-18(13)10-14(19)4-5-15-16(19)6-8-20(2)17(15)7-9-21(20,3)24;1-18-9-7-13(20)11-12(18)3-4-14-15-5-6-17(21)19(15,2)10-8-16(14)18/h12,14-17,24H,4-11H2,1-3H3,(H,22,23);12,14-17,21H,3-11H2,1-2H3/t14-,15+,16-,17-,19-,20-,21-;12-,14-,15-,16-,17-,18-,19-/m00/s1. The molecular weight excluding hydrogens is 556 g/mol. The number of nitrogens with zero attached hydrogens (tertiary/aromatic N) is 1. The first-order valence-corrected chi connectivity index (χ1v) is 19.2. The Morgan fingerprint density at radius 3 is 2.13 bits per heavy atom. The minimum atomic E-state index is -0.454. The van der Waals surface area contributed by atoms with E-state index in [9.17, 15) is 15.0 Å². The SMILES string of the molecule is C[C@]12CCC(=O)C[C@@H]1CC[C@@H]1[C@@H]2CC[C@]2(C)[C@@H](O)CC[C@@H]12.C[C@]12Cc3c[nH]nc3C[C@@H]1CC[C@@H]1[C@@H]2CC[C@@]2(C)[C@H]1CC[C@]2(C)O. The molecule has 0 radical (unpaired) electrons. The van der Waals surface area contributed by atoms with E-state index in [4.69, 9.17) is 0 Å². The van der Waals surface area contributed by atoms with Gasteiger partial charge in [0.25, 0.3) is 0 Å². The Morgan fingerprint density at radius 1 is 0.711 bits per heavy atom. The van der Waals surface area contributed by atoms with Gasteiger partial charge in [-0.1, -0.05) is 27.7 Å². The molecule has 7 saturated carbocycles. The van der Waals surface area contributed by atoms with Crippen LogP contribution in [-0.2, 0) is 17.6 Å². The third kappa shape index (κ3) is 4.36. The minimum Gasteiger partial charge on any atom is -0.393 e. The molecule has 14 atom stereocenters. The van der Waals surface area contributed by atoms with Crippen LogP contribution in [0.25, 0.3) is 0 Å². The van der Waals surface area contributed by atoms with Crippen LogP contribution in [0.2, 0.25) is 0 Å². The molecule has 8 aliphatic carbocycles. The van der Waals surface area contributed by atoms with Crippen LogP contribution < -0.4 is 0 Å². The first-order valence-electron chi connectivity index (χ1n) is 19.2. The first-order chi connectivity index (χ1) is 21.3. The van der Waals surface area contributed by atoms with E-state index in [1.807, 2.05) is 0 Å². The lowest BCUT2D eigenvalue weighted by atomic mass is 9.44. The van der Waals surface area contributed by atoms with Gasteiger partial charge in [0.2, 0.25) is 0 Å². The highest BCUT2D eigenvalue weighted by Gasteiger charge is 2.63. The Labute approximate surface area is 272 Å². The molecule has 1 aromatic heterocycles. The molecule has 5 heteroatoms. The zero-order chi connectivity index (χ0) is 31.6. The number of nitrogens with one attached hydrogen (secondary N) is 1. The van der Waals surface area contributed by atoms with Crippen molar-refractivity contribution in [2.24, 2.45) is 69.0 Å². The van der Waals surface area contributed by atoms with E-state index in [0.29, 0.717) is 22.5 Å². The lowest BCUT2D eigenvalue weighted by Crippen LogP contribution is -2.56. The molecule has 0 aromatic carbocycles. The quantitative estimate of drug-likeness (QED) is 0.274. The van der Waals surface area contributed by atoms with Crippen molar-refractivity contribution in [3.63, 3.8) is 0 Å². The summed E-state index contributed by atoms with van der Waals surface area (Å²) in [5.41, 5.74) is 3.54. The molecule has 0 aliphatic heterocycles. The van der Waals surface area contributed by atoms with Crippen LogP contribution in [0.3, 0.4) is 0 Å². The van der Waals surface area contributed by atoms with Crippen molar-refractivity contribution in [3.8, 4) is 0 Å². The van der Waals surface area contributed by atoms with Gasteiger partial charge in [0.1, 0.15) is 5.78 Å². The molecule has 9 rings (SSSR count). The van der Waals surface area contributed by atoms with E-state index < -0.39 is 5.60 Å². The summed E-state index contributed by atoms with van der Waals surface area (Å²) in [6.45, 7) is 11.9. The molecule has 0 unspecified atom stereocenters. The van der Waals surface area contributed by atoms with Crippen LogP contribution >= 0.6 is 0 Å². The predicted molar refractivity (Wildman–Crippen MR) is 177 cm³/mol. The van der Waals surface area contributed by atoms with Crippen molar-refractivity contribution < 1.29 is 15.0 Å². The number of Topliss-reactive ketones (excluding diaryl/α,β-unsaturated/α-hetero) is 1.